The summed E-state index contributed by atoms with van der Waals surface area (Å²) in [6.07, 6.45) is 2.23. The molecule has 0 radical (unpaired) electrons. The highest BCUT2D eigenvalue weighted by Gasteiger charge is 2.42. The van der Waals surface area contributed by atoms with E-state index in [-0.39, 0.29) is 36.0 Å². The summed E-state index contributed by atoms with van der Waals surface area (Å²) in [5, 5.41) is 30.3. The van der Waals surface area contributed by atoms with Crippen molar-refractivity contribution in [1.82, 2.24) is 26.6 Å². The summed E-state index contributed by atoms with van der Waals surface area (Å²) in [5.74, 6) is -5.43. The monoisotopic (exact) mass is 711 g/mol. The van der Waals surface area contributed by atoms with E-state index in [2.05, 4.69) is 33.5 Å². The minimum absolute atomic E-state index is 0.0369. The SMILES string of the molecule is CC(=O)NC(CCC(=O)O)C(=O)N[C@@H](CC(=O)O)C(=O)NC(C(=O)N[C@H](C(C)=O)C(C)C)C(C)C.CCC(C=O)NC(=O)C(C)C1CC1CC. The number of amides is 5. The summed E-state index contributed by atoms with van der Waals surface area (Å²) in [7, 11) is 0. The highest BCUT2D eigenvalue weighted by molar-refractivity contribution is 5.97. The lowest BCUT2D eigenvalue weighted by molar-refractivity contribution is -0.141. The minimum atomic E-state index is -1.62. The van der Waals surface area contributed by atoms with Crippen LogP contribution in [0.2, 0.25) is 0 Å². The Morgan fingerprint density at radius 1 is 0.700 bits per heavy atom. The van der Waals surface area contributed by atoms with Gasteiger partial charge in [-0.15, -0.1) is 0 Å². The first-order valence-electron chi connectivity index (χ1n) is 17.1. The second-order valence-corrected chi connectivity index (χ2v) is 13.4. The maximum Gasteiger partial charge on any atom is 0.305 e. The standard InChI is InChI=1S/C22H36N4O9.C12H21NO2/c1-10(2)18(12(5)27)25-22(35)19(11(3)4)26-21(34)15(9-17(31)32)24-20(33)14(23-13(6)28)7-8-16(29)30;1-4-9-6-11(9)8(3)12(15)13-10(5-2)7-14/h10-11,14-15,18-19H,7-9H2,1-6H3,(H,23,28)(H,24,33)(H,25,35)(H,26,34)(H,29,30)(H,31,32);7-11H,4-6H2,1-3H3,(H,13,15)/t14?,15-,18-,19?;/m0./s1. The molecule has 1 aliphatic carbocycles. The third-order valence-electron chi connectivity index (χ3n) is 8.49. The van der Waals surface area contributed by atoms with Gasteiger partial charge in [0, 0.05) is 19.3 Å². The van der Waals surface area contributed by atoms with Crippen molar-refractivity contribution in [2.45, 2.75) is 131 Å². The number of carboxylic acid groups (broad SMARTS) is 2. The third kappa shape index (κ3) is 16.8. The van der Waals surface area contributed by atoms with E-state index in [0.717, 1.165) is 25.5 Å². The summed E-state index contributed by atoms with van der Waals surface area (Å²) in [6.45, 7) is 15.2. The molecule has 0 aromatic heterocycles. The largest absolute Gasteiger partial charge is 0.481 e. The van der Waals surface area contributed by atoms with Gasteiger partial charge in [-0.1, -0.05) is 54.9 Å². The molecule has 16 heteroatoms. The molecule has 0 heterocycles. The van der Waals surface area contributed by atoms with Crippen molar-refractivity contribution >= 4 is 53.5 Å². The van der Waals surface area contributed by atoms with E-state index >= 15 is 0 Å². The van der Waals surface area contributed by atoms with Crippen LogP contribution in [-0.4, -0.2) is 94.0 Å². The third-order valence-corrected chi connectivity index (χ3v) is 8.49. The van der Waals surface area contributed by atoms with E-state index in [1.165, 1.54) is 13.3 Å². The van der Waals surface area contributed by atoms with E-state index in [1.807, 2.05) is 13.8 Å². The smallest absolute Gasteiger partial charge is 0.305 e. The Balaban J connectivity index is 0.00000132. The van der Waals surface area contributed by atoms with Crippen LogP contribution in [-0.2, 0) is 43.2 Å². The van der Waals surface area contributed by atoms with E-state index in [4.69, 9.17) is 5.11 Å². The lowest BCUT2D eigenvalue weighted by Gasteiger charge is -2.28. The zero-order valence-corrected chi connectivity index (χ0v) is 30.7. The van der Waals surface area contributed by atoms with Gasteiger partial charge in [-0.2, -0.15) is 0 Å². The molecule has 6 unspecified atom stereocenters. The number of hydrogen-bond donors (Lipinski definition) is 7. The van der Waals surface area contributed by atoms with Gasteiger partial charge in [0.1, 0.15) is 24.4 Å². The molecule has 1 rings (SSSR count). The lowest BCUT2D eigenvalue weighted by atomic mass is 9.97. The van der Waals surface area contributed by atoms with Crippen LogP contribution in [0.3, 0.4) is 0 Å². The molecule has 1 saturated carbocycles. The predicted octanol–water partition coefficient (Wildman–Crippen LogP) is 0.948. The fourth-order valence-electron chi connectivity index (χ4n) is 5.30. The normalized spacial score (nSPS) is 18.4. The second kappa shape index (κ2) is 22.4. The molecule has 0 spiro atoms. The van der Waals surface area contributed by atoms with Crippen molar-refractivity contribution in [1.29, 1.82) is 0 Å². The van der Waals surface area contributed by atoms with Crippen LogP contribution < -0.4 is 26.6 Å². The fraction of sp³-hybridized carbons (Fsp3) is 0.735. The van der Waals surface area contributed by atoms with Crippen molar-refractivity contribution in [3.05, 3.63) is 0 Å². The van der Waals surface area contributed by atoms with Gasteiger partial charge in [-0.3, -0.25) is 38.4 Å². The number of ketones is 1. The van der Waals surface area contributed by atoms with Crippen LogP contribution in [0.1, 0.15) is 101 Å². The number of aldehydes is 1. The molecule has 0 aromatic carbocycles. The molecular weight excluding hydrogens is 654 g/mol. The summed E-state index contributed by atoms with van der Waals surface area (Å²) >= 11 is 0. The molecule has 0 aromatic rings. The topological polar surface area (TPSA) is 254 Å². The number of carbonyl (C=O) groups excluding carboxylic acids is 7. The van der Waals surface area contributed by atoms with Gasteiger partial charge >= 0.3 is 11.9 Å². The van der Waals surface area contributed by atoms with E-state index in [0.29, 0.717) is 12.3 Å². The number of carbonyl (C=O) groups is 9. The van der Waals surface area contributed by atoms with Gasteiger partial charge in [0.15, 0.2) is 5.78 Å². The molecule has 0 bridgehead atoms. The molecule has 5 amide bonds. The minimum Gasteiger partial charge on any atom is -0.481 e. The summed E-state index contributed by atoms with van der Waals surface area (Å²) in [6, 6.07) is -5.18. The Morgan fingerprint density at radius 3 is 1.64 bits per heavy atom. The van der Waals surface area contributed by atoms with Crippen molar-refractivity contribution < 1.29 is 53.4 Å². The molecular formula is C34H57N5O11. The quantitative estimate of drug-likeness (QED) is 0.0825. The molecule has 284 valence electrons. The van der Waals surface area contributed by atoms with Gasteiger partial charge in [0.2, 0.25) is 29.5 Å². The predicted molar refractivity (Wildman–Crippen MR) is 182 cm³/mol. The number of nitrogens with one attached hydrogen (secondary N) is 5. The molecule has 7 N–H and O–H groups in total. The van der Waals surface area contributed by atoms with Crippen LogP contribution in [0.5, 0.6) is 0 Å². The molecule has 1 fully saturated rings. The van der Waals surface area contributed by atoms with E-state index < -0.39 is 78.5 Å². The Bertz CT molecular complexity index is 1220. The van der Waals surface area contributed by atoms with E-state index in [9.17, 15) is 48.3 Å². The van der Waals surface area contributed by atoms with Gasteiger partial charge in [-0.25, -0.2) is 0 Å². The number of Topliss-reactive ketones (excluding diaryl/α,β-unsaturated/α-hetero) is 1. The summed E-state index contributed by atoms with van der Waals surface area (Å²) < 4.78 is 0. The lowest BCUT2D eigenvalue weighted by Crippen LogP contribution is -2.59. The fourth-order valence-corrected chi connectivity index (χ4v) is 5.30. The molecule has 1 aliphatic rings. The van der Waals surface area contributed by atoms with E-state index in [1.54, 1.807) is 27.7 Å². The van der Waals surface area contributed by atoms with Gasteiger partial charge in [-0.05, 0) is 49.9 Å². The number of hydrogen-bond acceptors (Lipinski definition) is 9. The van der Waals surface area contributed by atoms with Crippen LogP contribution in [0.25, 0.3) is 0 Å². The van der Waals surface area contributed by atoms with Crippen molar-refractivity contribution in [3.8, 4) is 0 Å². The Kier molecular flexibility index (Phi) is 20.4. The number of rotatable bonds is 21. The first kappa shape index (κ1) is 45.6. The van der Waals surface area contributed by atoms with Crippen molar-refractivity contribution in [2.75, 3.05) is 0 Å². The summed E-state index contributed by atoms with van der Waals surface area (Å²) in [5.41, 5.74) is 0. The number of aliphatic carboxylic acids is 2. The highest BCUT2D eigenvalue weighted by Crippen LogP contribution is 2.46. The van der Waals surface area contributed by atoms with Crippen LogP contribution >= 0.6 is 0 Å². The van der Waals surface area contributed by atoms with Crippen molar-refractivity contribution in [2.24, 2.45) is 29.6 Å². The Hall–Kier alpha value is -4.37. The molecule has 8 atom stereocenters. The van der Waals surface area contributed by atoms with Crippen LogP contribution in [0, 0.1) is 29.6 Å². The zero-order chi connectivity index (χ0) is 38.9. The molecule has 0 aliphatic heterocycles. The zero-order valence-electron chi connectivity index (χ0n) is 30.7. The first-order valence-corrected chi connectivity index (χ1v) is 17.1. The average Bonchev–Trinajstić information content (AvgIpc) is 3.81. The molecule has 50 heavy (non-hydrogen) atoms. The van der Waals surface area contributed by atoms with Crippen molar-refractivity contribution in [3.63, 3.8) is 0 Å². The second-order valence-electron chi connectivity index (χ2n) is 13.4. The Labute approximate surface area is 294 Å². The van der Waals surface area contributed by atoms with Gasteiger partial charge < -0.3 is 41.6 Å². The Morgan fingerprint density at radius 2 is 1.24 bits per heavy atom. The maximum absolute atomic E-state index is 12.9. The van der Waals surface area contributed by atoms with Crippen LogP contribution in [0.4, 0.5) is 0 Å². The van der Waals surface area contributed by atoms with Crippen LogP contribution in [0.15, 0.2) is 0 Å². The summed E-state index contributed by atoms with van der Waals surface area (Å²) in [4.78, 5) is 106. The molecule has 16 nitrogen and oxygen atoms in total. The molecule has 0 saturated heterocycles. The maximum atomic E-state index is 12.9. The van der Waals surface area contributed by atoms with Gasteiger partial charge in [0.05, 0.1) is 18.5 Å². The first-order chi connectivity index (χ1) is 23.2. The highest BCUT2D eigenvalue weighted by atomic mass is 16.4. The average molecular weight is 712 g/mol. The van der Waals surface area contributed by atoms with Gasteiger partial charge in [0.25, 0.3) is 0 Å². The number of carboxylic acids is 2.